The van der Waals surface area contributed by atoms with Crippen molar-refractivity contribution in [2.75, 3.05) is 6.61 Å². The van der Waals surface area contributed by atoms with E-state index >= 15 is 0 Å². The van der Waals surface area contributed by atoms with Crippen LogP contribution in [0.4, 0.5) is 0 Å². The molecular weight excluding hydrogens is 316 g/mol. The Morgan fingerprint density at radius 1 is 1.08 bits per heavy atom. The maximum Gasteiger partial charge on any atom is 0.334 e. The molecule has 128 valence electrons. The van der Waals surface area contributed by atoms with Crippen LogP contribution in [0, 0.1) is 0 Å². The maximum absolute atomic E-state index is 12.9. The molecule has 3 rings (SSSR count). The highest BCUT2D eigenvalue weighted by Crippen LogP contribution is 2.46. The molecule has 0 radical (unpaired) electrons. The number of carbonyl (C=O) groups excluding carboxylic acids is 2. The highest BCUT2D eigenvalue weighted by atomic mass is 16.6. The molecule has 0 bridgehead atoms. The van der Waals surface area contributed by atoms with Crippen LogP contribution in [-0.2, 0) is 15.1 Å². The van der Waals surface area contributed by atoms with Gasteiger partial charge in [-0.1, -0.05) is 55.1 Å². The largest absolute Gasteiger partial charge is 0.446 e. The Balaban J connectivity index is 2.28. The third-order valence-corrected chi connectivity index (χ3v) is 4.52. The van der Waals surface area contributed by atoms with Crippen molar-refractivity contribution in [2.45, 2.75) is 25.4 Å². The molecule has 0 amide bonds. The minimum Gasteiger partial charge on any atom is -0.446 e. The minimum atomic E-state index is -1.11. The topological polar surface area (TPSA) is 63.6 Å². The van der Waals surface area contributed by atoms with Crippen LogP contribution in [0.1, 0.15) is 46.8 Å². The van der Waals surface area contributed by atoms with E-state index in [0.717, 1.165) is 0 Å². The van der Waals surface area contributed by atoms with Crippen LogP contribution in [0.3, 0.4) is 0 Å². The first-order valence-corrected chi connectivity index (χ1v) is 8.24. The maximum atomic E-state index is 12.9. The van der Waals surface area contributed by atoms with Gasteiger partial charge >= 0.3 is 5.97 Å². The summed E-state index contributed by atoms with van der Waals surface area (Å²) in [7, 11) is 0. The van der Waals surface area contributed by atoms with E-state index < -0.39 is 11.6 Å². The highest BCUT2D eigenvalue weighted by molar-refractivity contribution is 6.13. The molecule has 0 aliphatic heterocycles. The van der Waals surface area contributed by atoms with Crippen LogP contribution in [0.25, 0.3) is 0 Å². The molecule has 1 aliphatic carbocycles. The Morgan fingerprint density at radius 3 is 2.08 bits per heavy atom. The lowest BCUT2D eigenvalue weighted by Gasteiger charge is -2.39. The van der Waals surface area contributed by atoms with E-state index in [1.54, 1.807) is 31.2 Å². The number of aliphatic hydroxyl groups excluding tert-OH is 1. The number of ether oxygens (including phenoxy) is 1. The van der Waals surface area contributed by atoms with Gasteiger partial charge in [-0.15, -0.1) is 0 Å². The van der Waals surface area contributed by atoms with E-state index in [2.05, 4.69) is 6.58 Å². The molecule has 1 aliphatic rings. The van der Waals surface area contributed by atoms with Gasteiger partial charge in [0.1, 0.15) is 0 Å². The first-order chi connectivity index (χ1) is 12.0. The van der Waals surface area contributed by atoms with Gasteiger partial charge in [0, 0.05) is 34.4 Å². The zero-order chi connectivity index (χ0) is 18.0. The molecule has 0 spiro atoms. The van der Waals surface area contributed by atoms with E-state index in [0.29, 0.717) is 35.1 Å². The lowest BCUT2D eigenvalue weighted by Crippen LogP contribution is -2.40. The molecule has 1 N–H and O–H groups in total. The second-order valence-electron chi connectivity index (χ2n) is 6.24. The summed E-state index contributed by atoms with van der Waals surface area (Å²) in [6.45, 7) is 5.22. The number of rotatable bonds is 5. The van der Waals surface area contributed by atoms with Gasteiger partial charge in [0.2, 0.25) is 0 Å². The summed E-state index contributed by atoms with van der Waals surface area (Å²) >= 11 is 0. The third kappa shape index (κ3) is 2.79. The fourth-order valence-electron chi connectivity index (χ4n) is 3.36. The fraction of sp³-hybridized carbons (Fsp3) is 0.238. The van der Waals surface area contributed by atoms with Crippen LogP contribution in [0.2, 0.25) is 0 Å². The molecule has 0 saturated heterocycles. The van der Waals surface area contributed by atoms with Gasteiger partial charge in [0.25, 0.3) is 0 Å². The zero-order valence-electron chi connectivity index (χ0n) is 14.1. The first kappa shape index (κ1) is 17.1. The molecule has 0 aromatic heterocycles. The monoisotopic (exact) mass is 336 g/mol. The summed E-state index contributed by atoms with van der Waals surface area (Å²) in [5.74, 6) is -0.603. The number of fused-ring (bicyclic) bond motifs is 2. The fourth-order valence-corrected chi connectivity index (χ4v) is 3.36. The second kappa shape index (κ2) is 6.65. The summed E-state index contributed by atoms with van der Waals surface area (Å²) in [5.41, 5.74) is 1.53. The summed E-state index contributed by atoms with van der Waals surface area (Å²) in [4.78, 5) is 25.3. The first-order valence-electron chi connectivity index (χ1n) is 8.24. The highest BCUT2D eigenvalue weighted by Gasteiger charge is 2.46. The van der Waals surface area contributed by atoms with Crippen LogP contribution < -0.4 is 0 Å². The van der Waals surface area contributed by atoms with Crippen LogP contribution in [0.15, 0.2) is 60.7 Å². The predicted molar refractivity (Wildman–Crippen MR) is 94.3 cm³/mol. The molecule has 2 aromatic rings. The summed E-state index contributed by atoms with van der Waals surface area (Å²) in [5, 5.41) is 9.38. The van der Waals surface area contributed by atoms with Crippen molar-refractivity contribution in [3.05, 3.63) is 82.9 Å². The van der Waals surface area contributed by atoms with Crippen molar-refractivity contribution in [3.63, 3.8) is 0 Å². The second-order valence-corrected chi connectivity index (χ2v) is 6.24. The number of carbonyl (C=O) groups is 2. The summed E-state index contributed by atoms with van der Waals surface area (Å²) < 4.78 is 5.94. The number of hydrogen-bond donors (Lipinski definition) is 1. The van der Waals surface area contributed by atoms with Crippen molar-refractivity contribution in [2.24, 2.45) is 0 Å². The SMILES string of the molecule is C=C(C)C(=O)OC1(CCCO)c2ccccc2C(=O)c2ccccc21. The Kier molecular flexibility index (Phi) is 4.55. The van der Waals surface area contributed by atoms with E-state index in [4.69, 9.17) is 4.74 Å². The minimum absolute atomic E-state index is 0.0371. The zero-order valence-corrected chi connectivity index (χ0v) is 14.1. The lowest BCUT2D eigenvalue weighted by atomic mass is 9.72. The lowest BCUT2D eigenvalue weighted by molar-refractivity contribution is -0.153. The van der Waals surface area contributed by atoms with E-state index in [1.165, 1.54) is 0 Å². The smallest absolute Gasteiger partial charge is 0.334 e. The summed E-state index contributed by atoms with van der Waals surface area (Å²) in [6, 6.07) is 14.3. The third-order valence-electron chi connectivity index (χ3n) is 4.52. The van der Waals surface area contributed by atoms with Crippen molar-refractivity contribution < 1.29 is 19.4 Å². The van der Waals surface area contributed by atoms with Gasteiger partial charge < -0.3 is 9.84 Å². The standard InChI is InChI=1S/C21H20O4/c1-14(2)20(24)25-21(12-7-13-22)17-10-5-3-8-15(17)19(23)16-9-4-6-11-18(16)21/h3-6,8-11,22H,1,7,12-13H2,2H3. The van der Waals surface area contributed by atoms with E-state index in [-0.39, 0.29) is 18.0 Å². The van der Waals surface area contributed by atoms with Crippen LogP contribution in [0.5, 0.6) is 0 Å². The number of hydrogen-bond acceptors (Lipinski definition) is 4. The molecule has 0 fully saturated rings. The average Bonchev–Trinajstić information content (AvgIpc) is 2.64. The average molecular weight is 336 g/mol. The van der Waals surface area contributed by atoms with Gasteiger partial charge in [-0.05, 0) is 19.8 Å². The quantitative estimate of drug-likeness (QED) is 0.672. The Labute approximate surface area is 146 Å². The van der Waals surface area contributed by atoms with Gasteiger partial charge in [0.15, 0.2) is 11.4 Å². The molecule has 0 saturated carbocycles. The molecule has 4 heteroatoms. The Morgan fingerprint density at radius 2 is 1.60 bits per heavy atom. The molecule has 0 unspecified atom stereocenters. The molecule has 2 aromatic carbocycles. The number of ketones is 1. The van der Waals surface area contributed by atoms with Crippen molar-refractivity contribution >= 4 is 11.8 Å². The number of aliphatic hydroxyl groups is 1. The van der Waals surface area contributed by atoms with Crippen LogP contribution in [-0.4, -0.2) is 23.5 Å². The van der Waals surface area contributed by atoms with Crippen LogP contribution >= 0.6 is 0 Å². The number of benzene rings is 2. The molecule has 4 nitrogen and oxygen atoms in total. The van der Waals surface area contributed by atoms with E-state index in [1.807, 2.05) is 24.3 Å². The molecule has 25 heavy (non-hydrogen) atoms. The number of esters is 1. The normalized spacial score (nSPS) is 14.4. The molecular formula is C21H20O4. The predicted octanol–water partition coefficient (Wildman–Crippen LogP) is 3.37. The van der Waals surface area contributed by atoms with Crippen molar-refractivity contribution in [1.82, 2.24) is 0 Å². The Bertz CT molecular complexity index is 801. The molecule has 0 heterocycles. The summed E-state index contributed by atoms with van der Waals surface area (Å²) in [6.07, 6.45) is 0.810. The van der Waals surface area contributed by atoms with E-state index in [9.17, 15) is 14.7 Å². The van der Waals surface area contributed by atoms with Gasteiger partial charge in [-0.25, -0.2) is 4.79 Å². The van der Waals surface area contributed by atoms with Crippen molar-refractivity contribution in [3.8, 4) is 0 Å². The van der Waals surface area contributed by atoms with Crippen molar-refractivity contribution in [1.29, 1.82) is 0 Å². The Hall–Kier alpha value is -2.72. The van der Waals surface area contributed by atoms with Gasteiger partial charge in [-0.3, -0.25) is 4.79 Å². The van der Waals surface area contributed by atoms with Gasteiger partial charge in [0.05, 0.1) is 0 Å². The van der Waals surface area contributed by atoms with Gasteiger partial charge in [-0.2, -0.15) is 0 Å². The molecule has 0 atom stereocenters.